The molecule has 1 heterocycles. The summed E-state index contributed by atoms with van der Waals surface area (Å²) in [6.45, 7) is 1.65. The molecular weight excluding hydrogens is 338 g/mol. The fourth-order valence-electron chi connectivity index (χ4n) is 2.03. The van der Waals surface area contributed by atoms with E-state index in [2.05, 4.69) is 32.6 Å². The van der Waals surface area contributed by atoms with Crippen LogP contribution in [0.15, 0.2) is 15.5 Å². The summed E-state index contributed by atoms with van der Waals surface area (Å²) in [5.41, 5.74) is 0.788. The minimum Gasteiger partial charge on any atom is -0.383 e. The van der Waals surface area contributed by atoms with Gasteiger partial charge in [0.2, 0.25) is 0 Å². The van der Waals surface area contributed by atoms with Gasteiger partial charge in [-0.25, -0.2) is 4.68 Å². The van der Waals surface area contributed by atoms with Crippen molar-refractivity contribution in [3.63, 3.8) is 0 Å². The van der Waals surface area contributed by atoms with E-state index in [0.29, 0.717) is 10.4 Å². The molecule has 1 aliphatic carbocycles. The summed E-state index contributed by atoms with van der Waals surface area (Å²) in [6.07, 6.45) is 9.94. The maximum absolute atomic E-state index is 12.1. The zero-order chi connectivity index (χ0) is 14.4. The lowest BCUT2D eigenvalue weighted by Gasteiger charge is -2.10. The molecule has 1 aromatic rings. The van der Waals surface area contributed by atoms with Gasteiger partial charge in [-0.3, -0.25) is 4.79 Å². The van der Waals surface area contributed by atoms with Crippen molar-refractivity contribution in [2.45, 2.75) is 38.6 Å². The van der Waals surface area contributed by atoms with Crippen LogP contribution >= 0.6 is 27.7 Å². The van der Waals surface area contributed by atoms with Crippen molar-refractivity contribution in [3.05, 3.63) is 21.0 Å². The average molecular weight is 360 g/mol. The number of anilines is 1. The van der Waals surface area contributed by atoms with E-state index in [1.807, 2.05) is 11.8 Å². The van der Waals surface area contributed by atoms with Crippen LogP contribution in [-0.2, 0) is 6.54 Å². The van der Waals surface area contributed by atoms with Crippen molar-refractivity contribution < 1.29 is 0 Å². The second kappa shape index (κ2) is 8.08. The van der Waals surface area contributed by atoms with E-state index in [1.165, 1.54) is 31.4 Å². The number of nitrogens with zero attached hydrogens (tertiary/aromatic N) is 2. The molecule has 0 radical (unpaired) electrons. The SMILES string of the molecule is CSCCCCCNc1cnn(CC2CC2)c(=O)c1Br. The number of aromatic nitrogens is 2. The highest BCUT2D eigenvalue weighted by Gasteiger charge is 2.23. The highest BCUT2D eigenvalue weighted by atomic mass is 79.9. The molecular formula is C14H22BrN3OS. The number of nitrogens with one attached hydrogen (secondary N) is 1. The lowest BCUT2D eigenvalue weighted by Crippen LogP contribution is -2.25. The van der Waals surface area contributed by atoms with Crippen LogP contribution < -0.4 is 10.9 Å². The number of unbranched alkanes of at least 4 members (excludes halogenated alkanes) is 2. The zero-order valence-corrected chi connectivity index (χ0v) is 14.3. The minimum absolute atomic E-state index is 0.0238. The smallest absolute Gasteiger partial charge is 0.283 e. The van der Waals surface area contributed by atoms with E-state index < -0.39 is 0 Å². The molecule has 20 heavy (non-hydrogen) atoms. The summed E-state index contributed by atoms with van der Waals surface area (Å²) in [5.74, 6) is 1.88. The van der Waals surface area contributed by atoms with Gasteiger partial charge in [0.25, 0.3) is 5.56 Å². The van der Waals surface area contributed by atoms with E-state index in [1.54, 1.807) is 10.9 Å². The van der Waals surface area contributed by atoms with Crippen molar-refractivity contribution in [1.29, 1.82) is 0 Å². The number of halogens is 1. The van der Waals surface area contributed by atoms with E-state index in [-0.39, 0.29) is 5.56 Å². The van der Waals surface area contributed by atoms with Crippen molar-refractivity contribution >= 4 is 33.4 Å². The third-order valence-electron chi connectivity index (χ3n) is 3.45. The zero-order valence-electron chi connectivity index (χ0n) is 11.9. The van der Waals surface area contributed by atoms with Gasteiger partial charge in [0, 0.05) is 13.1 Å². The Morgan fingerprint density at radius 1 is 1.45 bits per heavy atom. The minimum atomic E-state index is -0.0238. The maximum Gasteiger partial charge on any atom is 0.283 e. The number of thioether (sulfide) groups is 1. The molecule has 0 spiro atoms. The Balaban J connectivity index is 1.82. The predicted molar refractivity (Wildman–Crippen MR) is 89.6 cm³/mol. The molecule has 0 amide bonds. The largest absolute Gasteiger partial charge is 0.383 e. The highest BCUT2D eigenvalue weighted by molar-refractivity contribution is 9.10. The fraction of sp³-hybridized carbons (Fsp3) is 0.714. The van der Waals surface area contributed by atoms with Gasteiger partial charge in [0.15, 0.2) is 0 Å². The Hall–Kier alpha value is -0.490. The molecule has 1 aliphatic rings. The molecule has 0 aliphatic heterocycles. The average Bonchev–Trinajstić information content (AvgIpc) is 3.25. The fourth-order valence-corrected chi connectivity index (χ4v) is 2.97. The standard InChI is InChI=1S/C14H22BrN3OS/c1-20-8-4-2-3-7-16-12-9-17-18(10-11-5-6-11)14(19)13(12)15/h9,11,16H,2-8,10H2,1H3. The van der Waals surface area contributed by atoms with Crippen LogP contribution in [0.3, 0.4) is 0 Å². The first kappa shape index (κ1) is 15.9. The first-order chi connectivity index (χ1) is 9.72. The molecule has 1 saturated carbocycles. The van der Waals surface area contributed by atoms with Gasteiger partial charge in [-0.2, -0.15) is 16.9 Å². The molecule has 0 unspecified atom stereocenters. The van der Waals surface area contributed by atoms with Crippen LogP contribution in [0.2, 0.25) is 0 Å². The highest BCUT2D eigenvalue weighted by Crippen LogP contribution is 2.30. The Bertz CT molecular complexity index is 488. The summed E-state index contributed by atoms with van der Waals surface area (Å²) >= 11 is 5.29. The van der Waals surface area contributed by atoms with Gasteiger partial charge in [-0.1, -0.05) is 6.42 Å². The number of hydrogen-bond donors (Lipinski definition) is 1. The molecule has 2 rings (SSSR count). The summed E-state index contributed by atoms with van der Waals surface area (Å²) in [6, 6.07) is 0. The quantitative estimate of drug-likeness (QED) is 0.686. The Labute approximate surface area is 132 Å². The first-order valence-electron chi connectivity index (χ1n) is 7.21. The van der Waals surface area contributed by atoms with Gasteiger partial charge in [-0.05, 0) is 59.5 Å². The van der Waals surface area contributed by atoms with Gasteiger partial charge >= 0.3 is 0 Å². The van der Waals surface area contributed by atoms with E-state index in [0.717, 1.165) is 25.2 Å². The van der Waals surface area contributed by atoms with Crippen molar-refractivity contribution in [1.82, 2.24) is 9.78 Å². The second-order valence-corrected chi connectivity index (χ2v) is 7.06. The summed E-state index contributed by atoms with van der Waals surface area (Å²) in [5, 5.41) is 7.55. The van der Waals surface area contributed by atoms with E-state index in [9.17, 15) is 4.79 Å². The van der Waals surface area contributed by atoms with Crippen LogP contribution in [0.1, 0.15) is 32.1 Å². The molecule has 0 atom stereocenters. The van der Waals surface area contributed by atoms with Crippen molar-refractivity contribution in [3.8, 4) is 0 Å². The van der Waals surface area contributed by atoms with Crippen LogP contribution in [0.5, 0.6) is 0 Å². The molecule has 112 valence electrons. The second-order valence-electron chi connectivity index (χ2n) is 5.28. The normalized spacial score (nSPS) is 14.5. The third kappa shape index (κ3) is 4.81. The molecule has 1 fully saturated rings. The van der Waals surface area contributed by atoms with Crippen molar-refractivity contribution in [2.75, 3.05) is 23.9 Å². The Morgan fingerprint density at radius 2 is 2.25 bits per heavy atom. The topological polar surface area (TPSA) is 46.9 Å². The van der Waals surface area contributed by atoms with Crippen LogP contribution in [0, 0.1) is 5.92 Å². The molecule has 4 nitrogen and oxygen atoms in total. The van der Waals surface area contributed by atoms with Gasteiger partial charge < -0.3 is 5.32 Å². The van der Waals surface area contributed by atoms with Crippen LogP contribution in [-0.4, -0.2) is 28.3 Å². The first-order valence-corrected chi connectivity index (χ1v) is 9.39. The molecule has 1 aromatic heterocycles. The molecule has 6 heteroatoms. The Kier molecular flexibility index (Phi) is 6.42. The van der Waals surface area contributed by atoms with Gasteiger partial charge in [-0.15, -0.1) is 0 Å². The van der Waals surface area contributed by atoms with Gasteiger partial charge in [0.1, 0.15) is 4.47 Å². The van der Waals surface area contributed by atoms with E-state index >= 15 is 0 Å². The molecule has 0 aromatic carbocycles. The number of hydrogen-bond acceptors (Lipinski definition) is 4. The van der Waals surface area contributed by atoms with Crippen LogP contribution in [0.4, 0.5) is 5.69 Å². The molecule has 1 N–H and O–H groups in total. The maximum atomic E-state index is 12.1. The van der Waals surface area contributed by atoms with Crippen LogP contribution in [0.25, 0.3) is 0 Å². The molecule has 0 saturated heterocycles. The predicted octanol–water partition coefficient (Wildman–Crippen LogP) is 3.36. The third-order valence-corrected chi connectivity index (χ3v) is 4.92. The van der Waals surface area contributed by atoms with Crippen molar-refractivity contribution in [2.24, 2.45) is 5.92 Å². The lowest BCUT2D eigenvalue weighted by molar-refractivity contribution is 0.531. The summed E-state index contributed by atoms with van der Waals surface area (Å²) in [7, 11) is 0. The molecule has 0 bridgehead atoms. The Morgan fingerprint density at radius 3 is 2.95 bits per heavy atom. The summed E-state index contributed by atoms with van der Waals surface area (Å²) < 4.78 is 2.18. The summed E-state index contributed by atoms with van der Waals surface area (Å²) in [4.78, 5) is 12.1. The lowest BCUT2D eigenvalue weighted by atomic mass is 10.2. The number of rotatable bonds is 9. The van der Waals surface area contributed by atoms with E-state index in [4.69, 9.17) is 0 Å². The monoisotopic (exact) mass is 359 g/mol. The van der Waals surface area contributed by atoms with Gasteiger partial charge in [0.05, 0.1) is 11.9 Å².